The summed E-state index contributed by atoms with van der Waals surface area (Å²) in [6, 6.07) is 0. The summed E-state index contributed by atoms with van der Waals surface area (Å²) < 4.78 is 37.8. The maximum Gasteiger partial charge on any atom is 0.533 e. The van der Waals surface area contributed by atoms with Crippen LogP contribution in [0.25, 0.3) is 0 Å². The van der Waals surface area contributed by atoms with Gasteiger partial charge in [-0.15, -0.1) is 24.8 Å². The summed E-state index contributed by atoms with van der Waals surface area (Å²) in [7, 11) is 0. The SMILES string of the molecule is FC(F)(F)OSCCCCCCCl. The minimum Gasteiger partial charge on any atom is -0.220 e. The van der Waals surface area contributed by atoms with Gasteiger partial charge in [-0.1, -0.05) is 12.8 Å². The summed E-state index contributed by atoms with van der Waals surface area (Å²) >= 11 is 5.88. The van der Waals surface area contributed by atoms with Gasteiger partial charge in [-0.2, -0.15) is 0 Å². The average Bonchev–Trinajstić information content (AvgIpc) is 2.01. The molecule has 0 saturated carbocycles. The molecule has 0 atom stereocenters. The van der Waals surface area contributed by atoms with E-state index in [-0.39, 0.29) is 0 Å². The van der Waals surface area contributed by atoms with Crippen LogP contribution in [0.3, 0.4) is 0 Å². The Morgan fingerprint density at radius 3 is 2.23 bits per heavy atom. The van der Waals surface area contributed by atoms with Gasteiger partial charge < -0.3 is 0 Å². The number of unbranched alkanes of at least 4 members (excludes halogenated alkanes) is 3. The van der Waals surface area contributed by atoms with E-state index in [1.165, 1.54) is 0 Å². The molecule has 0 spiro atoms. The van der Waals surface area contributed by atoms with E-state index in [1.54, 1.807) is 0 Å². The summed E-state index contributed by atoms with van der Waals surface area (Å²) in [6.45, 7) is 0. The molecule has 0 aromatic rings. The van der Waals surface area contributed by atoms with Crippen molar-refractivity contribution in [2.45, 2.75) is 32.0 Å². The smallest absolute Gasteiger partial charge is 0.220 e. The molecule has 13 heavy (non-hydrogen) atoms. The molecule has 0 radical (unpaired) electrons. The summed E-state index contributed by atoms with van der Waals surface area (Å²) in [6.07, 6.45) is -0.984. The second-order valence-corrected chi connectivity index (χ2v) is 3.64. The average molecular weight is 237 g/mol. The number of halogens is 4. The van der Waals surface area contributed by atoms with Crippen molar-refractivity contribution in [2.75, 3.05) is 11.6 Å². The molecule has 0 heterocycles. The Bertz CT molecular complexity index is 121. The zero-order valence-electron chi connectivity index (χ0n) is 7.07. The van der Waals surface area contributed by atoms with Gasteiger partial charge in [-0.05, 0) is 12.8 Å². The lowest BCUT2D eigenvalue weighted by molar-refractivity contribution is -0.266. The van der Waals surface area contributed by atoms with Crippen molar-refractivity contribution >= 4 is 23.6 Å². The maximum absolute atomic E-state index is 11.4. The standard InChI is InChI=1S/C7H12ClF3OS/c8-5-3-1-2-4-6-13-12-7(9,10)11/h1-6H2. The quantitative estimate of drug-likeness (QED) is 0.376. The van der Waals surface area contributed by atoms with Crippen LogP contribution in [0.2, 0.25) is 0 Å². The van der Waals surface area contributed by atoms with Crippen molar-refractivity contribution in [3.05, 3.63) is 0 Å². The van der Waals surface area contributed by atoms with Gasteiger partial charge >= 0.3 is 6.36 Å². The van der Waals surface area contributed by atoms with Crippen LogP contribution in [0.4, 0.5) is 13.2 Å². The molecule has 0 bridgehead atoms. The summed E-state index contributed by atoms with van der Waals surface area (Å²) in [5.74, 6) is 0.994. The summed E-state index contributed by atoms with van der Waals surface area (Å²) in [4.78, 5) is 0. The van der Waals surface area contributed by atoms with Gasteiger partial charge in [0.2, 0.25) is 0 Å². The van der Waals surface area contributed by atoms with Gasteiger partial charge in [0.05, 0.1) is 0 Å². The minimum atomic E-state index is -4.51. The summed E-state index contributed by atoms with van der Waals surface area (Å²) in [5.41, 5.74) is 0. The second-order valence-electron chi connectivity index (χ2n) is 2.45. The highest BCUT2D eigenvalue weighted by molar-refractivity contribution is 7.94. The number of hydrogen-bond acceptors (Lipinski definition) is 2. The van der Waals surface area contributed by atoms with Gasteiger partial charge in [0, 0.05) is 23.7 Å². The molecule has 0 aliphatic rings. The first-order chi connectivity index (χ1) is 6.06. The largest absolute Gasteiger partial charge is 0.533 e. The van der Waals surface area contributed by atoms with E-state index in [9.17, 15) is 13.2 Å². The Morgan fingerprint density at radius 2 is 1.69 bits per heavy atom. The van der Waals surface area contributed by atoms with Crippen molar-refractivity contribution in [3.63, 3.8) is 0 Å². The monoisotopic (exact) mass is 236 g/mol. The van der Waals surface area contributed by atoms with Gasteiger partial charge in [0.25, 0.3) is 0 Å². The maximum atomic E-state index is 11.4. The molecule has 6 heteroatoms. The third-order valence-electron chi connectivity index (χ3n) is 1.26. The molecule has 0 aliphatic carbocycles. The van der Waals surface area contributed by atoms with Gasteiger partial charge in [-0.25, -0.2) is 4.18 Å². The molecule has 0 aromatic carbocycles. The third-order valence-corrected chi connectivity index (χ3v) is 2.29. The molecule has 0 N–H and O–H groups in total. The molecule has 0 fully saturated rings. The predicted octanol–water partition coefficient (Wildman–Crippen LogP) is 3.97. The van der Waals surface area contributed by atoms with Crippen LogP contribution in [0.15, 0.2) is 0 Å². The highest BCUT2D eigenvalue weighted by atomic mass is 35.5. The van der Waals surface area contributed by atoms with Crippen molar-refractivity contribution in [1.29, 1.82) is 0 Å². The molecular weight excluding hydrogens is 225 g/mol. The molecule has 0 aromatic heterocycles. The van der Waals surface area contributed by atoms with E-state index >= 15 is 0 Å². The molecule has 80 valence electrons. The zero-order chi connectivity index (χ0) is 10.2. The Balaban J connectivity index is 3.00. The van der Waals surface area contributed by atoms with Crippen LogP contribution in [0, 0.1) is 0 Å². The number of alkyl halides is 4. The van der Waals surface area contributed by atoms with Crippen LogP contribution >= 0.6 is 23.6 Å². The first-order valence-electron chi connectivity index (χ1n) is 3.99. The molecule has 0 aliphatic heterocycles. The fourth-order valence-corrected chi connectivity index (χ4v) is 1.45. The molecule has 0 rings (SSSR count). The predicted molar refractivity (Wildman–Crippen MR) is 48.8 cm³/mol. The Hall–Kier alpha value is 0.390. The molecule has 0 unspecified atom stereocenters. The molecule has 1 nitrogen and oxygen atoms in total. The van der Waals surface area contributed by atoms with E-state index in [0.29, 0.717) is 23.7 Å². The van der Waals surface area contributed by atoms with Gasteiger partial charge in [0.1, 0.15) is 0 Å². The molecular formula is C7H12ClF3OS. The molecule has 0 saturated heterocycles. The minimum absolute atomic E-state index is 0.377. The Labute approximate surface area is 85.2 Å². The summed E-state index contributed by atoms with van der Waals surface area (Å²) in [5, 5.41) is 0. The van der Waals surface area contributed by atoms with E-state index < -0.39 is 6.36 Å². The topological polar surface area (TPSA) is 9.23 Å². The fourth-order valence-electron chi connectivity index (χ4n) is 0.718. The van der Waals surface area contributed by atoms with Crippen LogP contribution in [0.5, 0.6) is 0 Å². The van der Waals surface area contributed by atoms with Crippen LogP contribution < -0.4 is 0 Å². The highest BCUT2D eigenvalue weighted by Crippen LogP contribution is 2.23. The highest BCUT2D eigenvalue weighted by Gasteiger charge is 2.29. The van der Waals surface area contributed by atoms with E-state index in [2.05, 4.69) is 4.18 Å². The van der Waals surface area contributed by atoms with E-state index in [0.717, 1.165) is 25.7 Å². The Kier molecular flexibility index (Phi) is 8.00. The van der Waals surface area contributed by atoms with Crippen LogP contribution in [-0.4, -0.2) is 18.0 Å². The number of hydrogen-bond donors (Lipinski definition) is 0. The van der Waals surface area contributed by atoms with Crippen molar-refractivity contribution in [3.8, 4) is 0 Å². The van der Waals surface area contributed by atoms with Crippen molar-refractivity contribution in [2.24, 2.45) is 0 Å². The van der Waals surface area contributed by atoms with Crippen molar-refractivity contribution < 1.29 is 17.4 Å². The fraction of sp³-hybridized carbons (Fsp3) is 1.00. The van der Waals surface area contributed by atoms with E-state index in [1.807, 2.05) is 0 Å². The van der Waals surface area contributed by atoms with Crippen LogP contribution in [-0.2, 0) is 4.18 Å². The lowest BCUT2D eigenvalue weighted by Gasteiger charge is -2.04. The normalized spacial score (nSPS) is 12.0. The molecule has 0 amide bonds. The van der Waals surface area contributed by atoms with Crippen molar-refractivity contribution in [1.82, 2.24) is 0 Å². The van der Waals surface area contributed by atoms with E-state index in [4.69, 9.17) is 11.6 Å². The zero-order valence-corrected chi connectivity index (χ0v) is 8.64. The third kappa shape index (κ3) is 12.4. The van der Waals surface area contributed by atoms with Gasteiger partial charge in [-0.3, -0.25) is 0 Å². The lowest BCUT2D eigenvalue weighted by atomic mass is 10.2. The first-order valence-corrected chi connectivity index (χ1v) is 5.44. The Morgan fingerprint density at radius 1 is 1.08 bits per heavy atom. The first kappa shape index (κ1) is 13.4. The van der Waals surface area contributed by atoms with Gasteiger partial charge in [0.15, 0.2) is 0 Å². The lowest BCUT2D eigenvalue weighted by Crippen LogP contribution is -2.08. The van der Waals surface area contributed by atoms with Crippen LogP contribution in [0.1, 0.15) is 25.7 Å². The second kappa shape index (κ2) is 7.76. The number of rotatable bonds is 7.